The van der Waals surface area contributed by atoms with E-state index < -0.39 is 0 Å². The molecular formula is C11H13N5. The maximum Gasteiger partial charge on any atom is 0.107 e. The second-order valence-electron chi connectivity index (χ2n) is 3.44. The first-order valence-electron chi connectivity index (χ1n) is 4.96. The van der Waals surface area contributed by atoms with Crippen LogP contribution >= 0.6 is 0 Å². The van der Waals surface area contributed by atoms with E-state index >= 15 is 0 Å². The average Bonchev–Trinajstić information content (AvgIpc) is 2.34. The molecule has 5 heteroatoms. The van der Waals surface area contributed by atoms with E-state index in [-0.39, 0.29) is 6.04 Å². The van der Waals surface area contributed by atoms with E-state index in [2.05, 4.69) is 20.4 Å². The lowest BCUT2D eigenvalue weighted by molar-refractivity contribution is 0.599. The standard InChI is InChI=1S/C11H13N5/c1-8-3-2-4-15-10(8)11(16-12)9-7-13-5-6-14-9/h2-7,11,16H,12H2,1H3. The van der Waals surface area contributed by atoms with Crippen LogP contribution in [-0.4, -0.2) is 15.0 Å². The van der Waals surface area contributed by atoms with Crippen molar-refractivity contribution in [2.75, 3.05) is 0 Å². The van der Waals surface area contributed by atoms with Gasteiger partial charge in [-0.3, -0.25) is 20.8 Å². The Morgan fingerprint density at radius 3 is 2.75 bits per heavy atom. The van der Waals surface area contributed by atoms with Crippen molar-refractivity contribution in [3.05, 3.63) is 53.9 Å². The molecule has 82 valence electrons. The zero-order valence-electron chi connectivity index (χ0n) is 8.96. The van der Waals surface area contributed by atoms with Crippen LogP contribution in [-0.2, 0) is 0 Å². The lowest BCUT2D eigenvalue weighted by Gasteiger charge is -2.15. The molecule has 0 aliphatic rings. The number of rotatable bonds is 3. The molecule has 0 aliphatic heterocycles. The van der Waals surface area contributed by atoms with E-state index in [1.807, 2.05) is 19.1 Å². The average molecular weight is 215 g/mol. The molecule has 16 heavy (non-hydrogen) atoms. The minimum Gasteiger partial charge on any atom is -0.270 e. The van der Waals surface area contributed by atoms with Gasteiger partial charge in [-0.15, -0.1) is 0 Å². The number of aryl methyl sites for hydroxylation is 1. The van der Waals surface area contributed by atoms with E-state index in [9.17, 15) is 0 Å². The second-order valence-corrected chi connectivity index (χ2v) is 3.44. The summed E-state index contributed by atoms with van der Waals surface area (Å²) in [5.41, 5.74) is 5.40. The minimum atomic E-state index is -0.227. The molecule has 2 aromatic heterocycles. The van der Waals surface area contributed by atoms with Gasteiger partial charge in [-0.2, -0.15) is 0 Å². The van der Waals surface area contributed by atoms with Gasteiger partial charge in [0.1, 0.15) is 6.04 Å². The van der Waals surface area contributed by atoms with Crippen molar-refractivity contribution in [3.63, 3.8) is 0 Å². The summed E-state index contributed by atoms with van der Waals surface area (Å²) in [6.45, 7) is 1.99. The number of aromatic nitrogens is 3. The lowest BCUT2D eigenvalue weighted by atomic mass is 10.1. The molecule has 5 nitrogen and oxygen atoms in total. The summed E-state index contributed by atoms with van der Waals surface area (Å²) in [6.07, 6.45) is 6.68. The van der Waals surface area contributed by atoms with Crippen molar-refractivity contribution in [1.29, 1.82) is 0 Å². The van der Waals surface area contributed by atoms with Crippen LogP contribution in [0.3, 0.4) is 0 Å². The minimum absolute atomic E-state index is 0.227. The third kappa shape index (κ3) is 2.05. The Hall–Kier alpha value is -1.85. The quantitative estimate of drug-likeness (QED) is 0.583. The largest absolute Gasteiger partial charge is 0.270 e. The summed E-state index contributed by atoms with van der Waals surface area (Å²) in [5, 5.41) is 0. The number of hydrazine groups is 1. The summed E-state index contributed by atoms with van der Waals surface area (Å²) < 4.78 is 0. The summed E-state index contributed by atoms with van der Waals surface area (Å²) in [7, 11) is 0. The second kappa shape index (κ2) is 4.78. The Morgan fingerprint density at radius 1 is 1.25 bits per heavy atom. The number of nitrogens with one attached hydrogen (secondary N) is 1. The zero-order chi connectivity index (χ0) is 11.4. The molecule has 0 aliphatic carbocycles. The van der Waals surface area contributed by atoms with E-state index in [4.69, 9.17) is 5.84 Å². The van der Waals surface area contributed by atoms with Crippen molar-refractivity contribution < 1.29 is 0 Å². The van der Waals surface area contributed by atoms with Crippen LogP contribution in [0.1, 0.15) is 23.0 Å². The molecule has 0 spiro atoms. The fraction of sp³-hybridized carbons (Fsp3) is 0.182. The molecule has 0 saturated carbocycles. The van der Waals surface area contributed by atoms with Gasteiger partial charge in [0, 0.05) is 18.6 Å². The topological polar surface area (TPSA) is 76.7 Å². The third-order valence-electron chi connectivity index (χ3n) is 2.37. The van der Waals surface area contributed by atoms with Gasteiger partial charge in [-0.25, -0.2) is 5.43 Å². The van der Waals surface area contributed by atoms with E-state index in [0.29, 0.717) is 0 Å². The highest BCUT2D eigenvalue weighted by atomic mass is 15.2. The number of nitrogens with two attached hydrogens (primary N) is 1. The molecule has 2 rings (SSSR count). The molecule has 2 heterocycles. The van der Waals surface area contributed by atoms with Crippen LogP contribution in [0.15, 0.2) is 36.9 Å². The Bertz CT molecular complexity index is 457. The van der Waals surface area contributed by atoms with Gasteiger partial charge in [-0.1, -0.05) is 6.07 Å². The van der Waals surface area contributed by atoms with Gasteiger partial charge in [0.15, 0.2) is 0 Å². The zero-order valence-corrected chi connectivity index (χ0v) is 8.96. The van der Waals surface area contributed by atoms with Crippen molar-refractivity contribution in [2.45, 2.75) is 13.0 Å². The van der Waals surface area contributed by atoms with E-state index in [1.54, 1.807) is 24.8 Å². The van der Waals surface area contributed by atoms with Crippen LogP contribution in [0.4, 0.5) is 0 Å². The lowest BCUT2D eigenvalue weighted by Crippen LogP contribution is -2.30. The van der Waals surface area contributed by atoms with Gasteiger partial charge in [-0.05, 0) is 18.6 Å². The smallest absolute Gasteiger partial charge is 0.107 e. The van der Waals surface area contributed by atoms with Crippen LogP contribution < -0.4 is 11.3 Å². The number of hydrogen-bond donors (Lipinski definition) is 2. The molecular weight excluding hydrogens is 202 g/mol. The molecule has 0 bridgehead atoms. The molecule has 0 aromatic carbocycles. The number of pyridine rings is 1. The van der Waals surface area contributed by atoms with Crippen LogP contribution in [0, 0.1) is 6.92 Å². The molecule has 3 N–H and O–H groups in total. The van der Waals surface area contributed by atoms with E-state index in [0.717, 1.165) is 17.0 Å². The summed E-state index contributed by atoms with van der Waals surface area (Å²) >= 11 is 0. The molecule has 0 amide bonds. The highest BCUT2D eigenvalue weighted by Gasteiger charge is 2.16. The molecule has 1 unspecified atom stereocenters. The number of nitrogens with zero attached hydrogens (tertiary/aromatic N) is 3. The molecule has 1 atom stereocenters. The maximum atomic E-state index is 5.55. The third-order valence-corrected chi connectivity index (χ3v) is 2.37. The Balaban J connectivity index is 2.41. The first-order chi connectivity index (χ1) is 7.83. The highest BCUT2D eigenvalue weighted by molar-refractivity contribution is 5.27. The highest BCUT2D eigenvalue weighted by Crippen LogP contribution is 2.19. The van der Waals surface area contributed by atoms with Crippen molar-refractivity contribution >= 4 is 0 Å². The monoisotopic (exact) mass is 215 g/mol. The Labute approximate surface area is 93.7 Å². The molecule has 0 fully saturated rings. The summed E-state index contributed by atoms with van der Waals surface area (Å²) in [5.74, 6) is 5.55. The molecule has 0 saturated heterocycles. The fourth-order valence-electron chi connectivity index (χ4n) is 1.56. The Kier molecular flexibility index (Phi) is 3.19. The molecule has 2 aromatic rings. The van der Waals surface area contributed by atoms with Gasteiger partial charge in [0.2, 0.25) is 0 Å². The fourth-order valence-corrected chi connectivity index (χ4v) is 1.56. The van der Waals surface area contributed by atoms with Crippen molar-refractivity contribution in [3.8, 4) is 0 Å². The van der Waals surface area contributed by atoms with Crippen molar-refractivity contribution in [1.82, 2.24) is 20.4 Å². The predicted molar refractivity (Wildman–Crippen MR) is 60.2 cm³/mol. The molecule has 0 radical (unpaired) electrons. The van der Waals surface area contributed by atoms with E-state index in [1.165, 1.54) is 0 Å². The van der Waals surface area contributed by atoms with Gasteiger partial charge < -0.3 is 0 Å². The summed E-state index contributed by atoms with van der Waals surface area (Å²) in [6, 6.07) is 3.65. The van der Waals surface area contributed by atoms with Crippen LogP contribution in [0.25, 0.3) is 0 Å². The maximum absolute atomic E-state index is 5.55. The first kappa shape index (κ1) is 10.7. The SMILES string of the molecule is Cc1cccnc1C(NN)c1cnccn1. The normalized spacial score (nSPS) is 12.4. The van der Waals surface area contributed by atoms with Gasteiger partial charge in [0.05, 0.1) is 17.6 Å². The number of hydrogen-bond acceptors (Lipinski definition) is 5. The first-order valence-corrected chi connectivity index (χ1v) is 4.96. The van der Waals surface area contributed by atoms with Gasteiger partial charge in [0.25, 0.3) is 0 Å². The summed E-state index contributed by atoms with van der Waals surface area (Å²) in [4.78, 5) is 12.6. The van der Waals surface area contributed by atoms with Crippen molar-refractivity contribution in [2.24, 2.45) is 5.84 Å². The predicted octanol–water partition coefficient (Wildman–Crippen LogP) is 0.733. The van der Waals surface area contributed by atoms with Crippen LogP contribution in [0.2, 0.25) is 0 Å². The Morgan fingerprint density at radius 2 is 2.12 bits per heavy atom. The van der Waals surface area contributed by atoms with Crippen LogP contribution in [0.5, 0.6) is 0 Å². The van der Waals surface area contributed by atoms with Gasteiger partial charge >= 0.3 is 0 Å².